The lowest BCUT2D eigenvalue weighted by Crippen LogP contribution is -2.54. The Balaban J connectivity index is 1.37. The van der Waals surface area contributed by atoms with Crippen molar-refractivity contribution in [3.8, 4) is 0 Å². The fourth-order valence-corrected chi connectivity index (χ4v) is 5.24. The summed E-state index contributed by atoms with van der Waals surface area (Å²) in [5.74, 6) is 0.671. The molecule has 0 aliphatic carbocycles. The molecule has 5 rings (SSSR count). The molecule has 0 bridgehead atoms. The SMILES string of the molecule is Cc1cc(C)nc(/N=C(\NC(=O)Nc2ccc(Cl)c(Cl)c2)N2CCN(C(c3ccccc3)c3ccccc3)CC2)n1. The second-order valence-corrected chi connectivity index (χ2v) is 10.7. The van der Waals surface area contributed by atoms with Gasteiger partial charge in [0.1, 0.15) is 0 Å². The number of aryl methyl sites for hydroxylation is 2. The quantitative estimate of drug-likeness (QED) is 0.202. The third-order valence-electron chi connectivity index (χ3n) is 6.79. The minimum Gasteiger partial charge on any atom is -0.340 e. The summed E-state index contributed by atoms with van der Waals surface area (Å²) in [7, 11) is 0. The van der Waals surface area contributed by atoms with E-state index in [2.05, 4.69) is 83.9 Å². The molecule has 0 saturated carbocycles. The maximum absolute atomic E-state index is 13.1. The minimum atomic E-state index is -0.458. The number of amides is 2. The van der Waals surface area contributed by atoms with Crippen molar-refractivity contribution in [2.75, 3.05) is 31.5 Å². The van der Waals surface area contributed by atoms with E-state index in [0.717, 1.165) is 24.5 Å². The summed E-state index contributed by atoms with van der Waals surface area (Å²) in [5.41, 5.74) is 4.59. The summed E-state index contributed by atoms with van der Waals surface area (Å²) in [6, 6.07) is 27.5. The van der Waals surface area contributed by atoms with Crippen LogP contribution >= 0.6 is 23.2 Å². The van der Waals surface area contributed by atoms with Crippen molar-refractivity contribution in [2.24, 2.45) is 4.99 Å². The highest BCUT2D eigenvalue weighted by Crippen LogP contribution is 2.30. The van der Waals surface area contributed by atoms with Gasteiger partial charge in [-0.1, -0.05) is 83.9 Å². The number of piperazine rings is 1. The molecule has 1 aliphatic heterocycles. The van der Waals surface area contributed by atoms with E-state index >= 15 is 0 Å². The number of halogens is 2. The van der Waals surface area contributed by atoms with Gasteiger partial charge in [-0.15, -0.1) is 0 Å². The van der Waals surface area contributed by atoms with Gasteiger partial charge in [-0.25, -0.2) is 14.8 Å². The third-order valence-corrected chi connectivity index (χ3v) is 7.53. The van der Waals surface area contributed by atoms with Gasteiger partial charge in [-0.3, -0.25) is 10.2 Å². The third kappa shape index (κ3) is 7.41. The Bertz CT molecular complexity index is 1460. The van der Waals surface area contributed by atoms with Crippen molar-refractivity contribution in [2.45, 2.75) is 19.9 Å². The molecule has 2 amide bonds. The Labute approximate surface area is 250 Å². The van der Waals surface area contributed by atoms with E-state index in [1.54, 1.807) is 18.2 Å². The van der Waals surface area contributed by atoms with Crippen LogP contribution in [0.25, 0.3) is 0 Å². The standard InChI is InChI=1S/C31H31Cl2N7O/c1-21-19-22(2)35-29(34-21)37-30(38-31(41)36-25-13-14-26(32)27(33)20-25)40-17-15-39(16-18-40)28(23-9-5-3-6-10-23)24-11-7-4-8-12-24/h3-14,19-20,28H,15-18H2,1-2H3,(H2,34,35,36,37,38,41). The van der Waals surface area contributed by atoms with E-state index in [4.69, 9.17) is 23.2 Å². The fraction of sp³-hybridized carbons (Fsp3) is 0.226. The van der Waals surface area contributed by atoms with Crippen molar-refractivity contribution in [3.63, 3.8) is 0 Å². The summed E-state index contributed by atoms with van der Waals surface area (Å²) in [6.45, 7) is 6.60. The molecule has 0 unspecified atom stereocenters. The van der Waals surface area contributed by atoms with E-state index in [1.807, 2.05) is 32.0 Å². The maximum atomic E-state index is 13.1. The zero-order valence-corrected chi connectivity index (χ0v) is 24.4. The Kier molecular flexibility index (Phi) is 9.14. The topological polar surface area (TPSA) is 85.7 Å². The molecule has 210 valence electrons. The molecule has 1 fully saturated rings. The lowest BCUT2D eigenvalue weighted by atomic mass is 9.96. The molecule has 41 heavy (non-hydrogen) atoms. The van der Waals surface area contributed by atoms with E-state index in [0.29, 0.717) is 40.7 Å². The molecule has 0 spiro atoms. The number of carbonyl (C=O) groups is 1. The Hall–Kier alpha value is -3.98. The van der Waals surface area contributed by atoms with Gasteiger partial charge in [-0.05, 0) is 49.2 Å². The average Bonchev–Trinajstić information content (AvgIpc) is 2.96. The van der Waals surface area contributed by atoms with Crippen LogP contribution < -0.4 is 10.6 Å². The lowest BCUT2D eigenvalue weighted by Gasteiger charge is -2.40. The van der Waals surface area contributed by atoms with Gasteiger partial charge in [-0.2, -0.15) is 4.99 Å². The zero-order valence-electron chi connectivity index (χ0n) is 22.9. The first-order valence-corrected chi connectivity index (χ1v) is 14.1. The van der Waals surface area contributed by atoms with E-state index in [9.17, 15) is 4.79 Å². The second-order valence-electron chi connectivity index (χ2n) is 9.84. The zero-order chi connectivity index (χ0) is 28.8. The molecular weight excluding hydrogens is 557 g/mol. The number of nitrogens with zero attached hydrogens (tertiary/aromatic N) is 5. The van der Waals surface area contributed by atoms with Gasteiger partial charge in [0.05, 0.1) is 16.1 Å². The number of aliphatic imine (C=N–C) groups is 1. The first-order chi connectivity index (χ1) is 19.9. The van der Waals surface area contributed by atoms with Gasteiger partial charge >= 0.3 is 6.03 Å². The van der Waals surface area contributed by atoms with Gasteiger partial charge in [0.2, 0.25) is 5.96 Å². The first kappa shape index (κ1) is 28.5. The van der Waals surface area contributed by atoms with Crippen LogP contribution in [0.2, 0.25) is 10.0 Å². The summed E-state index contributed by atoms with van der Waals surface area (Å²) in [5, 5.41) is 6.48. The van der Waals surface area contributed by atoms with E-state index < -0.39 is 6.03 Å². The highest BCUT2D eigenvalue weighted by atomic mass is 35.5. The van der Waals surface area contributed by atoms with Crippen LogP contribution in [-0.2, 0) is 0 Å². The van der Waals surface area contributed by atoms with E-state index in [1.165, 1.54) is 11.1 Å². The number of hydrogen-bond acceptors (Lipinski definition) is 5. The number of aromatic nitrogens is 2. The number of nitrogens with one attached hydrogen (secondary N) is 2. The maximum Gasteiger partial charge on any atom is 0.326 e. The van der Waals surface area contributed by atoms with Gasteiger partial charge in [0.15, 0.2) is 0 Å². The predicted octanol–water partition coefficient (Wildman–Crippen LogP) is 6.62. The molecule has 1 saturated heterocycles. The average molecular weight is 589 g/mol. The monoisotopic (exact) mass is 587 g/mol. The van der Waals surface area contributed by atoms with Crippen LogP contribution in [0.1, 0.15) is 28.6 Å². The van der Waals surface area contributed by atoms with Gasteiger partial charge in [0.25, 0.3) is 5.95 Å². The lowest BCUT2D eigenvalue weighted by molar-refractivity contribution is 0.148. The number of carbonyl (C=O) groups excluding carboxylic acids is 1. The first-order valence-electron chi connectivity index (χ1n) is 13.4. The van der Waals surface area contributed by atoms with E-state index in [-0.39, 0.29) is 6.04 Å². The normalized spacial score (nSPS) is 14.3. The Morgan fingerprint density at radius 2 is 1.39 bits per heavy atom. The summed E-state index contributed by atoms with van der Waals surface area (Å²) < 4.78 is 0. The number of rotatable bonds is 5. The molecule has 1 aromatic heterocycles. The van der Waals surface area contributed by atoms with Crippen molar-refractivity contribution in [1.29, 1.82) is 0 Å². The molecule has 0 radical (unpaired) electrons. The number of benzene rings is 3. The molecule has 8 nitrogen and oxygen atoms in total. The fourth-order valence-electron chi connectivity index (χ4n) is 4.94. The van der Waals surface area contributed by atoms with Crippen LogP contribution in [0.5, 0.6) is 0 Å². The highest BCUT2D eigenvalue weighted by Gasteiger charge is 2.28. The van der Waals surface area contributed by atoms with Gasteiger partial charge < -0.3 is 10.2 Å². The van der Waals surface area contributed by atoms with Crippen molar-refractivity contribution in [3.05, 3.63) is 117 Å². The highest BCUT2D eigenvalue weighted by molar-refractivity contribution is 6.42. The molecule has 2 heterocycles. The number of anilines is 1. The minimum absolute atomic E-state index is 0.119. The Morgan fingerprint density at radius 1 is 0.805 bits per heavy atom. The van der Waals surface area contributed by atoms with Crippen LogP contribution in [0, 0.1) is 13.8 Å². The van der Waals surface area contributed by atoms with Crippen LogP contribution in [0.15, 0.2) is 89.9 Å². The summed E-state index contributed by atoms with van der Waals surface area (Å²) in [6.07, 6.45) is 0. The van der Waals surface area contributed by atoms with Crippen LogP contribution in [0.4, 0.5) is 16.4 Å². The predicted molar refractivity (Wildman–Crippen MR) is 165 cm³/mol. The van der Waals surface area contributed by atoms with Crippen LogP contribution in [0.3, 0.4) is 0 Å². The number of guanidine groups is 1. The van der Waals surface area contributed by atoms with Crippen molar-refractivity contribution >= 4 is 46.8 Å². The molecular formula is C31H31Cl2N7O. The van der Waals surface area contributed by atoms with Crippen molar-refractivity contribution in [1.82, 2.24) is 25.1 Å². The van der Waals surface area contributed by atoms with Crippen LogP contribution in [-0.4, -0.2) is 57.9 Å². The van der Waals surface area contributed by atoms with Crippen molar-refractivity contribution < 1.29 is 4.79 Å². The van der Waals surface area contributed by atoms with Gasteiger partial charge in [0, 0.05) is 43.3 Å². The molecule has 4 aromatic rings. The molecule has 0 atom stereocenters. The molecule has 10 heteroatoms. The Morgan fingerprint density at radius 3 is 1.95 bits per heavy atom. The number of urea groups is 1. The summed E-state index contributed by atoms with van der Waals surface area (Å²) >= 11 is 12.2. The molecule has 3 aromatic carbocycles. The molecule has 1 aliphatic rings. The smallest absolute Gasteiger partial charge is 0.326 e. The molecule has 2 N–H and O–H groups in total. The largest absolute Gasteiger partial charge is 0.340 e. The summed E-state index contributed by atoms with van der Waals surface area (Å²) in [4.78, 5) is 31.2. The second kappa shape index (κ2) is 13.1. The number of hydrogen-bond donors (Lipinski definition) is 2.